The van der Waals surface area contributed by atoms with Crippen LogP contribution >= 0.6 is 23.2 Å². The number of rotatable bonds is 11. The minimum atomic E-state index is -0.479. The fourth-order valence-corrected chi connectivity index (χ4v) is 7.28. The molecule has 0 aliphatic carbocycles. The number of amides is 2. The highest BCUT2D eigenvalue weighted by Crippen LogP contribution is 2.41. The van der Waals surface area contributed by atoms with Gasteiger partial charge >= 0.3 is 0 Å². The van der Waals surface area contributed by atoms with E-state index in [1.807, 2.05) is 21.9 Å². The molecular formula is C38H43Cl2FN8O3. The minimum Gasteiger partial charge on any atom is -0.481 e. The number of carbonyl (C=O) groups is 2. The lowest BCUT2D eigenvalue weighted by Gasteiger charge is -2.31. The van der Waals surface area contributed by atoms with Gasteiger partial charge < -0.3 is 30.5 Å². The molecule has 11 nitrogen and oxygen atoms in total. The van der Waals surface area contributed by atoms with Gasteiger partial charge in [-0.15, -0.1) is 0 Å². The van der Waals surface area contributed by atoms with Crippen LogP contribution in [0.2, 0.25) is 10.0 Å². The van der Waals surface area contributed by atoms with Crippen molar-refractivity contribution < 1.29 is 18.7 Å². The van der Waals surface area contributed by atoms with Gasteiger partial charge in [0.1, 0.15) is 0 Å². The zero-order chi connectivity index (χ0) is 36.8. The van der Waals surface area contributed by atoms with Crippen LogP contribution in [0.5, 0.6) is 5.88 Å². The first-order chi connectivity index (χ1) is 25.1. The predicted molar refractivity (Wildman–Crippen MR) is 201 cm³/mol. The molecule has 0 atom stereocenters. The molecule has 2 amide bonds. The molecule has 3 N–H and O–H groups in total. The Bertz CT molecular complexity index is 1920. The van der Waals surface area contributed by atoms with Crippen molar-refractivity contribution in [2.45, 2.75) is 64.7 Å². The van der Waals surface area contributed by atoms with E-state index in [4.69, 9.17) is 32.9 Å². The number of benzene rings is 1. The number of nitrogens with one attached hydrogen (secondary N) is 3. The number of nitrogens with zero attached hydrogens (tertiary/aromatic N) is 5. The molecule has 6 rings (SSSR count). The standard InChI is InChI=1S/C38H43Cl2FN8O3/c1-23(50)48-17-11-27(12-18-48)44-21-25-9-15-43-37(35(25)41)46-32-6-4-5-30(33(32)39)36-34(40)29(10-16-42-36)31-8-7-26(38(47-31)52-3)22-45-28-13-19-49(20-14-28)24(2)51/h4-10,15-16,27-28,44-45H,11-14,17-22H2,1-3H3,(H,43,46). The van der Waals surface area contributed by atoms with E-state index in [1.165, 1.54) is 0 Å². The molecule has 274 valence electrons. The van der Waals surface area contributed by atoms with Crippen LogP contribution in [0.1, 0.15) is 50.7 Å². The molecule has 0 unspecified atom stereocenters. The third-order valence-corrected chi connectivity index (χ3v) is 10.6. The number of hydrogen-bond donors (Lipinski definition) is 3. The third-order valence-electron chi connectivity index (χ3n) is 9.82. The maximum absolute atomic E-state index is 15.7. The summed E-state index contributed by atoms with van der Waals surface area (Å²) in [5, 5.41) is 10.7. The van der Waals surface area contributed by atoms with E-state index in [-0.39, 0.29) is 23.7 Å². The van der Waals surface area contributed by atoms with Crippen molar-refractivity contribution in [2.75, 3.05) is 38.6 Å². The molecule has 2 saturated heterocycles. The normalized spacial score (nSPS) is 15.5. The van der Waals surface area contributed by atoms with E-state index in [0.717, 1.165) is 44.3 Å². The first-order valence-corrected chi connectivity index (χ1v) is 18.2. The molecule has 0 saturated carbocycles. The first kappa shape index (κ1) is 37.4. The molecule has 0 radical (unpaired) electrons. The Morgan fingerprint density at radius 1 is 0.808 bits per heavy atom. The van der Waals surface area contributed by atoms with Gasteiger partial charge in [-0.1, -0.05) is 41.4 Å². The molecule has 2 aliphatic rings. The van der Waals surface area contributed by atoms with E-state index in [0.29, 0.717) is 81.9 Å². The summed E-state index contributed by atoms with van der Waals surface area (Å²) in [6, 6.07) is 13.1. The van der Waals surface area contributed by atoms with Crippen LogP contribution < -0.4 is 20.7 Å². The van der Waals surface area contributed by atoms with Crippen LogP contribution in [0, 0.1) is 5.82 Å². The van der Waals surface area contributed by atoms with Crippen molar-refractivity contribution in [2.24, 2.45) is 0 Å². The van der Waals surface area contributed by atoms with Crippen LogP contribution in [-0.4, -0.2) is 81.9 Å². The maximum atomic E-state index is 15.7. The Morgan fingerprint density at radius 3 is 2.04 bits per heavy atom. The number of carbonyl (C=O) groups excluding carboxylic acids is 2. The third kappa shape index (κ3) is 8.63. The van der Waals surface area contributed by atoms with Crippen molar-refractivity contribution in [3.05, 3.63) is 81.8 Å². The van der Waals surface area contributed by atoms with Crippen LogP contribution in [-0.2, 0) is 22.7 Å². The van der Waals surface area contributed by atoms with E-state index in [9.17, 15) is 9.59 Å². The smallest absolute Gasteiger partial charge is 0.219 e. The van der Waals surface area contributed by atoms with Crippen LogP contribution in [0.3, 0.4) is 0 Å². The topological polar surface area (TPSA) is 125 Å². The summed E-state index contributed by atoms with van der Waals surface area (Å²) in [7, 11) is 1.59. The SMILES string of the molecule is COc1nc(-c2ccnc(-c3cccc(Nc4nccc(CNC5CCN(C(C)=O)CC5)c4F)c3Cl)c2Cl)ccc1CNC1CCN(C(C)=O)CC1. The van der Waals surface area contributed by atoms with E-state index >= 15 is 4.39 Å². The van der Waals surface area contributed by atoms with Crippen molar-refractivity contribution in [3.63, 3.8) is 0 Å². The molecule has 2 fully saturated rings. The summed E-state index contributed by atoms with van der Waals surface area (Å²) in [4.78, 5) is 40.6. The van der Waals surface area contributed by atoms with Gasteiger partial charge in [-0.2, -0.15) is 0 Å². The maximum Gasteiger partial charge on any atom is 0.219 e. The van der Waals surface area contributed by atoms with E-state index < -0.39 is 5.82 Å². The number of anilines is 2. The van der Waals surface area contributed by atoms with E-state index in [1.54, 1.807) is 63.7 Å². The Labute approximate surface area is 313 Å². The Balaban J connectivity index is 1.15. The molecular weight excluding hydrogens is 706 g/mol. The molecule has 5 heterocycles. The van der Waals surface area contributed by atoms with Crippen LogP contribution in [0.4, 0.5) is 15.9 Å². The molecule has 14 heteroatoms. The minimum absolute atomic E-state index is 0.0463. The van der Waals surface area contributed by atoms with Gasteiger partial charge in [0, 0.05) is 99.8 Å². The molecule has 2 aliphatic heterocycles. The second kappa shape index (κ2) is 17.0. The molecule has 0 spiro atoms. The predicted octanol–water partition coefficient (Wildman–Crippen LogP) is 6.60. The van der Waals surface area contributed by atoms with Crippen molar-refractivity contribution in [1.82, 2.24) is 35.4 Å². The second-order valence-electron chi connectivity index (χ2n) is 13.1. The molecule has 1 aromatic carbocycles. The lowest BCUT2D eigenvalue weighted by Crippen LogP contribution is -2.44. The fraction of sp³-hybridized carbons (Fsp3) is 0.395. The molecule has 52 heavy (non-hydrogen) atoms. The highest BCUT2D eigenvalue weighted by Gasteiger charge is 2.23. The quantitative estimate of drug-likeness (QED) is 0.156. The number of halogens is 3. The number of aromatic nitrogens is 3. The van der Waals surface area contributed by atoms with Crippen LogP contribution in [0.15, 0.2) is 54.9 Å². The molecule has 0 bridgehead atoms. The van der Waals surface area contributed by atoms with Crippen molar-refractivity contribution >= 4 is 46.5 Å². The molecule has 4 aromatic rings. The second-order valence-corrected chi connectivity index (χ2v) is 13.9. The van der Waals surface area contributed by atoms with Crippen LogP contribution in [0.25, 0.3) is 22.5 Å². The highest BCUT2D eigenvalue weighted by molar-refractivity contribution is 6.39. The summed E-state index contributed by atoms with van der Waals surface area (Å²) in [6.45, 7) is 6.96. The van der Waals surface area contributed by atoms with Crippen molar-refractivity contribution in [1.29, 1.82) is 0 Å². The summed E-state index contributed by atoms with van der Waals surface area (Å²) in [5.74, 6) is 0.242. The average Bonchev–Trinajstić information content (AvgIpc) is 3.15. The Kier molecular flexibility index (Phi) is 12.2. The van der Waals surface area contributed by atoms with Gasteiger partial charge in [-0.05, 0) is 49.9 Å². The van der Waals surface area contributed by atoms with Gasteiger partial charge in [0.2, 0.25) is 17.7 Å². The number of likely N-dealkylation sites (tertiary alicyclic amines) is 2. The zero-order valence-electron chi connectivity index (χ0n) is 29.5. The summed E-state index contributed by atoms with van der Waals surface area (Å²) < 4.78 is 21.4. The fourth-order valence-electron chi connectivity index (χ4n) is 6.71. The summed E-state index contributed by atoms with van der Waals surface area (Å²) in [6.07, 6.45) is 6.61. The van der Waals surface area contributed by atoms with Crippen molar-refractivity contribution in [3.8, 4) is 28.4 Å². The van der Waals surface area contributed by atoms with Gasteiger partial charge in [-0.3, -0.25) is 14.6 Å². The number of pyridine rings is 3. The highest BCUT2D eigenvalue weighted by atomic mass is 35.5. The average molecular weight is 750 g/mol. The lowest BCUT2D eigenvalue weighted by atomic mass is 10.0. The zero-order valence-corrected chi connectivity index (χ0v) is 31.0. The largest absolute Gasteiger partial charge is 0.481 e. The Hall–Kier alpha value is -4.36. The Morgan fingerprint density at radius 2 is 1.42 bits per heavy atom. The number of hydrogen-bond acceptors (Lipinski definition) is 9. The molecule has 3 aromatic heterocycles. The lowest BCUT2D eigenvalue weighted by molar-refractivity contribution is -0.130. The number of ether oxygens (including phenoxy) is 1. The van der Waals surface area contributed by atoms with Gasteiger partial charge in [0.05, 0.1) is 34.2 Å². The first-order valence-electron chi connectivity index (χ1n) is 17.5. The monoisotopic (exact) mass is 748 g/mol. The van der Waals surface area contributed by atoms with Gasteiger partial charge in [-0.25, -0.2) is 14.4 Å². The van der Waals surface area contributed by atoms with Gasteiger partial charge in [0.15, 0.2) is 11.6 Å². The van der Waals surface area contributed by atoms with E-state index in [2.05, 4.69) is 25.9 Å². The number of piperidine rings is 2. The number of methoxy groups -OCH3 is 1. The summed E-state index contributed by atoms with van der Waals surface area (Å²) >= 11 is 13.9. The van der Waals surface area contributed by atoms with Gasteiger partial charge in [0.25, 0.3) is 0 Å². The summed E-state index contributed by atoms with van der Waals surface area (Å²) in [5.41, 5.74) is 4.07.